The molecule has 1 aliphatic heterocycles. The molecule has 1 aliphatic carbocycles. The molecule has 1 fully saturated rings. The van der Waals surface area contributed by atoms with Crippen molar-refractivity contribution in [2.24, 2.45) is 5.92 Å². The van der Waals surface area contributed by atoms with Crippen molar-refractivity contribution in [3.05, 3.63) is 36.6 Å². The molecule has 5 heteroatoms. The van der Waals surface area contributed by atoms with E-state index in [-0.39, 0.29) is 12.0 Å². The molecule has 5 nitrogen and oxygen atoms in total. The number of allylic oxidation sites excluding steroid dienone is 3. The van der Waals surface area contributed by atoms with E-state index in [4.69, 9.17) is 4.42 Å². The summed E-state index contributed by atoms with van der Waals surface area (Å²) in [6.45, 7) is 0.452. The first-order valence-electron chi connectivity index (χ1n) is 6.40. The Hall–Kier alpha value is -1.72. The van der Waals surface area contributed by atoms with E-state index >= 15 is 0 Å². The Bertz CT molecular complexity index is 521. The highest BCUT2D eigenvalue weighted by molar-refractivity contribution is 5.69. The summed E-state index contributed by atoms with van der Waals surface area (Å²) in [6.07, 6.45) is 11.1. The molecule has 0 saturated carbocycles. The molecule has 1 aromatic rings. The van der Waals surface area contributed by atoms with Crippen molar-refractivity contribution in [3.8, 4) is 0 Å². The van der Waals surface area contributed by atoms with Crippen LogP contribution in [0.1, 0.15) is 18.7 Å². The number of β-amino-alcohol motifs (C(OH)–C–C–N with tert-alkyl or cyclic N) is 1. The fourth-order valence-corrected chi connectivity index (χ4v) is 2.76. The molecule has 0 amide bonds. The minimum atomic E-state index is -0.847. The van der Waals surface area contributed by atoms with Crippen molar-refractivity contribution in [2.45, 2.75) is 24.5 Å². The van der Waals surface area contributed by atoms with Gasteiger partial charge >= 0.3 is 0 Å². The SMILES string of the molecule is O=C[C@@H]1C[C@@](O)(C2C=CC(c3ncco3)=CC2)CN1. The van der Waals surface area contributed by atoms with Crippen molar-refractivity contribution < 1.29 is 14.3 Å². The predicted octanol–water partition coefficient (Wildman–Crippen LogP) is 0.926. The van der Waals surface area contributed by atoms with Gasteiger partial charge in [-0.3, -0.25) is 0 Å². The lowest BCUT2D eigenvalue weighted by molar-refractivity contribution is -0.109. The van der Waals surface area contributed by atoms with Crippen LogP contribution in [-0.4, -0.2) is 34.6 Å². The van der Waals surface area contributed by atoms with Gasteiger partial charge in [0, 0.05) is 24.5 Å². The second-order valence-electron chi connectivity index (χ2n) is 5.13. The zero-order chi connectivity index (χ0) is 13.3. The first kappa shape index (κ1) is 12.3. The third-order valence-electron chi connectivity index (χ3n) is 3.88. The number of rotatable bonds is 3. The maximum atomic E-state index is 10.8. The minimum Gasteiger partial charge on any atom is -0.445 e. The third-order valence-corrected chi connectivity index (χ3v) is 3.88. The predicted molar refractivity (Wildman–Crippen MR) is 69.1 cm³/mol. The molecular formula is C14H16N2O3. The molecule has 0 radical (unpaired) electrons. The van der Waals surface area contributed by atoms with E-state index in [0.29, 0.717) is 18.9 Å². The number of nitrogens with zero attached hydrogens (tertiary/aromatic N) is 1. The molecule has 1 aromatic heterocycles. The molecule has 19 heavy (non-hydrogen) atoms. The van der Waals surface area contributed by atoms with E-state index < -0.39 is 5.60 Å². The number of nitrogens with one attached hydrogen (secondary N) is 1. The molecule has 1 saturated heterocycles. The Balaban J connectivity index is 1.71. The number of carbonyl (C=O) groups excluding carboxylic acids is 1. The van der Waals surface area contributed by atoms with E-state index in [1.807, 2.05) is 18.2 Å². The largest absolute Gasteiger partial charge is 0.445 e. The van der Waals surface area contributed by atoms with Crippen LogP contribution in [0.4, 0.5) is 0 Å². The third kappa shape index (κ3) is 2.27. The lowest BCUT2D eigenvalue weighted by Gasteiger charge is -2.30. The Morgan fingerprint density at radius 3 is 3.05 bits per heavy atom. The van der Waals surface area contributed by atoms with Crippen LogP contribution < -0.4 is 5.32 Å². The number of carbonyl (C=O) groups is 1. The van der Waals surface area contributed by atoms with Gasteiger partial charge in [-0.2, -0.15) is 0 Å². The number of hydrogen-bond donors (Lipinski definition) is 2. The standard InChI is InChI=1S/C14H16N2O3/c17-8-12-7-14(18,9-16-12)11-3-1-10(2-4-11)13-15-5-6-19-13/h1-3,5-6,8,11-12,16,18H,4,7,9H2/t11?,12-,14-/m0/s1. The summed E-state index contributed by atoms with van der Waals surface area (Å²) in [7, 11) is 0. The first-order chi connectivity index (χ1) is 9.21. The van der Waals surface area contributed by atoms with Crippen molar-refractivity contribution in [1.82, 2.24) is 10.3 Å². The van der Waals surface area contributed by atoms with Gasteiger partial charge in [-0.05, 0) is 6.42 Å². The molecule has 3 rings (SSSR count). The van der Waals surface area contributed by atoms with Crippen LogP contribution in [0, 0.1) is 5.92 Å². The fourth-order valence-electron chi connectivity index (χ4n) is 2.76. The van der Waals surface area contributed by atoms with Gasteiger partial charge in [-0.25, -0.2) is 4.98 Å². The summed E-state index contributed by atoms with van der Waals surface area (Å²) >= 11 is 0. The maximum Gasteiger partial charge on any atom is 0.225 e. The van der Waals surface area contributed by atoms with Crippen LogP contribution in [0.2, 0.25) is 0 Å². The molecule has 1 unspecified atom stereocenters. The molecule has 100 valence electrons. The van der Waals surface area contributed by atoms with Gasteiger partial charge in [0.1, 0.15) is 12.5 Å². The van der Waals surface area contributed by atoms with Crippen LogP contribution >= 0.6 is 0 Å². The van der Waals surface area contributed by atoms with Gasteiger partial charge in [0.25, 0.3) is 0 Å². The van der Waals surface area contributed by atoms with Crippen LogP contribution in [0.5, 0.6) is 0 Å². The van der Waals surface area contributed by atoms with Gasteiger partial charge in [-0.1, -0.05) is 18.2 Å². The van der Waals surface area contributed by atoms with E-state index in [1.165, 1.54) is 0 Å². The number of oxazole rings is 1. The quantitative estimate of drug-likeness (QED) is 0.791. The minimum absolute atomic E-state index is 0.0173. The van der Waals surface area contributed by atoms with Crippen molar-refractivity contribution in [3.63, 3.8) is 0 Å². The average molecular weight is 260 g/mol. The molecule has 0 bridgehead atoms. The molecule has 2 heterocycles. The molecule has 2 N–H and O–H groups in total. The zero-order valence-corrected chi connectivity index (χ0v) is 10.5. The van der Waals surface area contributed by atoms with Crippen LogP contribution in [0.3, 0.4) is 0 Å². The van der Waals surface area contributed by atoms with Crippen LogP contribution in [0.25, 0.3) is 5.57 Å². The Morgan fingerprint density at radius 2 is 2.47 bits per heavy atom. The van der Waals surface area contributed by atoms with Crippen molar-refractivity contribution >= 4 is 11.9 Å². The highest BCUT2D eigenvalue weighted by Crippen LogP contribution is 2.34. The molecule has 2 aliphatic rings. The first-order valence-corrected chi connectivity index (χ1v) is 6.40. The lowest BCUT2D eigenvalue weighted by atomic mass is 9.80. The summed E-state index contributed by atoms with van der Waals surface area (Å²) < 4.78 is 5.24. The second-order valence-corrected chi connectivity index (χ2v) is 5.13. The Morgan fingerprint density at radius 1 is 1.58 bits per heavy atom. The summed E-state index contributed by atoms with van der Waals surface area (Å²) in [6, 6.07) is -0.240. The highest BCUT2D eigenvalue weighted by Gasteiger charge is 2.42. The molecule has 3 atom stereocenters. The molecule has 0 spiro atoms. The zero-order valence-electron chi connectivity index (χ0n) is 10.5. The Labute approximate surface area is 111 Å². The van der Waals surface area contributed by atoms with Gasteiger partial charge in [-0.15, -0.1) is 0 Å². The summed E-state index contributed by atoms with van der Waals surface area (Å²) in [5.74, 6) is 0.612. The highest BCUT2D eigenvalue weighted by atomic mass is 16.3. The van der Waals surface area contributed by atoms with Gasteiger partial charge in [0.2, 0.25) is 5.89 Å². The van der Waals surface area contributed by atoms with Gasteiger partial charge in [0.05, 0.1) is 17.8 Å². The second kappa shape index (κ2) is 4.75. The molecule has 0 aromatic carbocycles. The van der Waals surface area contributed by atoms with Crippen molar-refractivity contribution in [2.75, 3.05) is 6.54 Å². The smallest absolute Gasteiger partial charge is 0.225 e. The monoisotopic (exact) mass is 260 g/mol. The summed E-state index contributed by atoms with van der Waals surface area (Å²) in [5.41, 5.74) is 0.0866. The number of hydrogen-bond acceptors (Lipinski definition) is 5. The number of aliphatic hydroxyl groups is 1. The Kier molecular flexibility index (Phi) is 3.08. The van der Waals surface area contributed by atoms with Crippen LogP contribution in [0.15, 0.2) is 35.1 Å². The van der Waals surface area contributed by atoms with E-state index in [9.17, 15) is 9.90 Å². The van der Waals surface area contributed by atoms with E-state index in [1.54, 1.807) is 12.5 Å². The van der Waals surface area contributed by atoms with E-state index in [2.05, 4.69) is 10.3 Å². The normalized spacial score (nSPS) is 34.3. The average Bonchev–Trinajstić information content (AvgIpc) is 3.09. The number of aldehydes is 1. The molecular weight excluding hydrogens is 244 g/mol. The van der Waals surface area contributed by atoms with Gasteiger partial charge < -0.3 is 19.6 Å². The maximum absolute atomic E-state index is 10.8. The summed E-state index contributed by atoms with van der Waals surface area (Å²) in [5, 5.41) is 13.6. The number of aromatic nitrogens is 1. The van der Waals surface area contributed by atoms with Crippen LogP contribution in [-0.2, 0) is 4.79 Å². The topological polar surface area (TPSA) is 75.4 Å². The lowest BCUT2D eigenvalue weighted by Crippen LogP contribution is -2.39. The van der Waals surface area contributed by atoms with Gasteiger partial charge in [0.15, 0.2) is 0 Å². The van der Waals surface area contributed by atoms with Crippen molar-refractivity contribution in [1.29, 1.82) is 0 Å². The fraction of sp³-hybridized carbons (Fsp3) is 0.429. The summed E-state index contributed by atoms with van der Waals surface area (Å²) in [4.78, 5) is 14.9. The van der Waals surface area contributed by atoms with E-state index in [0.717, 1.165) is 18.3 Å².